The SMILES string of the molecule is CCCCCCCCCCCC[N+](C)(C)c1ccc(C)c(C)c1. The first-order valence-electron chi connectivity index (χ1n) is 9.88. The molecule has 132 valence electrons. The molecule has 0 aliphatic carbocycles. The average Bonchev–Trinajstić information content (AvgIpc) is 2.51. The van der Waals surface area contributed by atoms with Crippen molar-refractivity contribution in [2.75, 3.05) is 20.6 Å². The quantitative estimate of drug-likeness (QED) is 0.294. The van der Waals surface area contributed by atoms with Crippen LogP contribution in [0.25, 0.3) is 0 Å². The monoisotopic (exact) mass is 318 g/mol. The van der Waals surface area contributed by atoms with E-state index in [4.69, 9.17) is 0 Å². The highest BCUT2D eigenvalue weighted by Crippen LogP contribution is 2.23. The van der Waals surface area contributed by atoms with Crippen LogP contribution in [0.15, 0.2) is 18.2 Å². The molecule has 0 fully saturated rings. The summed E-state index contributed by atoms with van der Waals surface area (Å²) in [5.41, 5.74) is 4.26. The third-order valence-electron chi connectivity index (χ3n) is 5.26. The van der Waals surface area contributed by atoms with E-state index in [2.05, 4.69) is 53.1 Å². The number of aryl methyl sites for hydroxylation is 2. The lowest BCUT2D eigenvalue weighted by Gasteiger charge is -2.30. The van der Waals surface area contributed by atoms with E-state index in [1.54, 1.807) is 0 Å². The minimum absolute atomic E-state index is 1.01. The predicted octanol–water partition coefficient (Wildman–Crippen LogP) is 6.79. The van der Waals surface area contributed by atoms with Gasteiger partial charge in [0, 0.05) is 6.07 Å². The fourth-order valence-corrected chi connectivity index (χ4v) is 3.23. The average molecular weight is 319 g/mol. The fourth-order valence-electron chi connectivity index (χ4n) is 3.23. The molecule has 0 heterocycles. The van der Waals surface area contributed by atoms with Gasteiger partial charge in [0.15, 0.2) is 0 Å². The molecule has 1 aromatic carbocycles. The second-order valence-corrected chi connectivity index (χ2v) is 7.86. The summed E-state index contributed by atoms with van der Waals surface area (Å²) in [6, 6.07) is 6.94. The molecule has 0 saturated carbocycles. The van der Waals surface area contributed by atoms with Crippen molar-refractivity contribution >= 4 is 5.69 Å². The second kappa shape index (κ2) is 10.9. The fraction of sp³-hybridized carbons (Fsp3) is 0.727. The molecule has 0 N–H and O–H groups in total. The normalized spacial score (nSPS) is 11.9. The Morgan fingerprint density at radius 2 is 1.22 bits per heavy atom. The van der Waals surface area contributed by atoms with Crippen molar-refractivity contribution in [3.05, 3.63) is 29.3 Å². The highest BCUT2D eigenvalue weighted by molar-refractivity contribution is 5.46. The molecule has 0 aliphatic rings. The van der Waals surface area contributed by atoms with Gasteiger partial charge in [-0.15, -0.1) is 0 Å². The number of nitrogens with zero attached hydrogens (tertiary/aromatic N) is 1. The highest BCUT2D eigenvalue weighted by Gasteiger charge is 2.18. The van der Waals surface area contributed by atoms with Crippen LogP contribution in [0.1, 0.15) is 82.3 Å². The van der Waals surface area contributed by atoms with Crippen LogP contribution in [0.2, 0.25) is 0 Å². The first-order chi connectivity index (χ1) is 11.0. The summed E-state index contributed by atoms with van der Waals surface area (Å²) >= 11 is 0. The topological polar surface area (TPSA) is 0 Å². The van der Waals surface area contributed by atoms with Crippen molar-refractivity contribution in [3.8, 4) is 0 Å². The molecule has 1 nitrogen and oxygen atoms in total. The lowest BCUT2D eigenvalue weighted by atomic mass is 10.1. The third-order valence-corrected chi connectivity index (χ3v) is 5.26. The van der Waals surface area contributed by atoms with Crippen molar-refractivity contribution in [3.63, 3.8) is 0 Å². The van der Waals surface area contributed by atoms with E-state index in [9.17, 15) is 0 Å². The summed E-state index contributed by atoms with van der Waals surface area (Å²) < 4.78 is 1.01. The number of quaternary nitrogens is 1. The van der Waals surface area contributed by atoms with Gasteiger partial charge in [-0.25, -0.2) is 0 Å². The van der Waals surface area contributed by atoms with Crippen molar-refractivity contribution in [1.29, 1.82) is 0 Å². The van der Waals surface area contributed by atoms with E-state index in [-0.39, 0.29) is 0 Å². The van der Waals surface area contributed by atoms with Gasteiger partial charge >= 0.3 is 0 Å². The Balaban J connectivity index is 2.15. The lowest BCUT2D eigenvalue weighted by molar-refractivity contribution is 0.380. The Kier molecular flexibility index (Phi) is 9.55. The van der Waals surface area contributed by atoms with E-state index in [1.807, 2.05) is 0 Å². The molecule has 0 aliphatic heterocycles. The van der Waals surface area contributed by atoms with E-state index < -0.39 is 0 Å². The summed E-state index contributed by atoms with van der Waals surface area (Å²) in [7, 11) is 4.69. The zero-order valence-electron chi connectivity index (χ0n) is 16.5. The van der Waals surface area contributed by atoms with Crippen LogP contribution in [0.4, 0.5) is 5.69 Å². The lowest BCUT2D eigenvalue weighted by Crippen LogP contribution is -2.41. The van der Waals surface area contributed by atoms with Gasteiger partial charge in [0.1, 0.15) is 5.69 Å². The Hall–Kier alpha value is -0.820. The molecule has 0 atom stereocenters. The molecule has 1 heteroatoms. The molecule has 1 aromatic rings. The van der Waals surface area contributed by atoms with Crippen molar-refractivity contribution in [2.24, 2.45) is 0 Å². The molecular weight excluding hydrogens is 278 g/mol. The summed E-state index contributed by atoms with van der Waals surface area (Å²) in [4.78, 5) is 0. The summed E-state index contributed by atoms with van der Waals surface area (Å²) in [6.45, 7) is 7.96. The maximum absolute atomic E-state index is 2.37. The van der Waals surface area contributed by atoms with Gasteiger partial charge in [0.25, 0.3) is 0 Å². The molecule has 0 unspecified atom stereocenters. The Bertz CT molecular complexity index is 434. The Morgan fingerprint density at radius 1 is 0.696 bits per heavy atom. The molecule has 0 spiro atoms. The van der Waals surface area contributed by atoms with Crippen LogP contribution < -0.4 is 4.48 Å². The standard InChI is InChI=1S/C22H40N/c1-6-7-8-9-10-11-12-13-14-15-18-23(4,5)22-17-16-20(2)21(3)19-22/h16-17,19H,6-15,18H2,1-5H3/q+1. The molecule has 1 rings (SSSR count). The molecule has 0 amide bonds. The maximum Gasteiger partial charge on any atom is 0.132 e. The van der Waals surface area contributed by atoms with Crippen LogP contribution in [0.3, 0.4) is 0 Å². The number of rotatable bonds is 12. The van der Waals surface area contributed by atoms with Crippen molar-refractivity contribution < 1.29 is 0 Å². The van der Waals surface area contributed by atoms with Crippen LogP contribution in [0.5, 0.6) is 0 Å². The van der Waals surface area contributed by atoms with Crippen molar-refractivity contribution in [1.82, 2.24) is 4.48 Å². The summed E-state index contributed by atoms with van der Waals surface area (Å²) in [6.07, 6.45) is 14.1. The molecule has 0 saturated heterocycles. The van der Waals surface area contributed by atoms with Crippen LogP contribution >= 0.6 is 0 Å². The van der Waals surface area contributed by atoms with E-state index in [0.717, 1.165) is 4.48 Å². The first-order valence-corrected chi connectivity index (χ1v) is 9.88. The zero-order chi connectivity index (χ0) is 17.1. The number of unbranched alkanes of at least 4 members (excludes halogenated alkanes) is 9. The van der Waals surface area contributed by atoms with E-state index >= 15 is 0 Å². The Morgan fingerprint density at radius 3 is 1.74 bits per heavy atom. The molecule has 23 heavy (non-hydrogen) atoms. The van der Waals surface area contributed by atoms with Crippen LogP contribution in [-0.4, -0.2) is 20.6 Å². The van der Waals surface area contributed by atoms with Gasteiger partial charge in [0.05, 0.1) is 20.6 Å². The van der Waals surface area contributed by atoms with Gasteiger partial charge in [0.2, 0.25) is 0 Å². The predicted molar refractivity (Wildman–Crippen MR) is 106 cm³/mol. The first kappa shape index (κ1) is 20.2. The van der Waals surface area contributed by atoms with Crippen molar-refractivity contribution in [2.45, 2.75) is 85.0 Å². The highest BCUT2D eigenvalue weighted by atomic mass is 15.3. The number of hydrogen-bond donors (Lipinski definition) is 0. The minimum Gasteiger partial charge on any atom is -0.296 e. The minimum atomic E-state index is 1.01. The largest absolute Gasteiger partial charge is 0.296 e. The van der Waals surface area contributed by atoms with Gasteiger partial charge in [-0.3, -0.25) is 4.48 Å². The molecule has 0 aromatic heterocycles. The van der Waals surface area contributed by atoms with E-state index in [0.29, 0.717) is 0 Å². The van der Waals surface area contributed by atoms with E-state index in [1.165, 1.54) is 87.6 Å². The Labute approximate surface area is 145 Å². The summed E-state index contributed by atoms with van der Waals surface area (Å²) in [5.74, 6) is 0. The second-order valence-electron chi connectivity index (χ2n) is 7.86. The van der Waals surface area contributed by atoms with Gasteiger partial charge in [-0.2, -0.15) is 0 Å². The number of benzene rings is 1. The third kappa shape index (κ3) is 8.01. The summed E-state index contributed by atoms with van der Waals surface area (Å²) in [5, 5.41) is 0. The van der Waals surface area contributed by atoms with Gasteiger partial charge in [-0.05, 0) is 43.9 Å². The number of hydrogen-bond acceptors (Lipinski definition) is 0. The smallest absolute Gasteiger partial charge is 0.132 e. The maximum atomic E-state index is 2.37. The van der Waals surface area contributed by atoms with Crippen LogP contribution in [0, 0.1) is 13.8 Å². The van der Waals surface area contributed by atoms with Gasteiger partial charge in [-0.1, -0.05) is 64.4 Å². The molecular formula is C22H40N+. The van der Waals surface area contributed by atoms with Gasteiger partial charge < -0.3 is 0 Å². The molecule has 0 radical (unpaired) electrons. The zero-order valence-corrected chi connectivity index (χ0v) is 16.5. The van der Waals surface area contributed by atoms with Crippen LogP contribution in [-0.2, 0) is 0 Å². The molecule has 0 bridgehead atoms.